The second-order valence-electron chi connectivity index (χ2n) is 6.05. The third-order valence-corrected chi connectivity index (χ3v) is 6.02. The molecule has 1 aliphatic heterocycles. The number of aryl methyl sites for hydroxylation is 2. The fourth-order valence-electron chi connectivity index (χ4n) is 2.90. The van der Waals surface area contributed by atoms with Crippen molar-refractivity contribution in [3.8, 4) is 5.88 Å². The lowest BCUT2D eigenvalue weighted by molar-refractivity contribution is 0.129. The molecule has 0 amide bonds. The topological polar surface area (TPSA) is 72.4 Å². The van der Waals surface area contributed by atoms with Gasteiger partial charge in [0.05, 0.1) is 0 Å². The normalized spacial score (nSPS) is 16.8. The largest absolute Gasteiger partial charge is 0.474 e. The van der Waals surface area contributed by atoms with Gasteiger partial charge in [0, 0.05) is 24.8 Å². The summed E-state index contributed by atoms with van der Waals surface area (Å²) < 4.78 is 46.2. The summed E-state index contributed by atoms with van der Waals surface area (Å²) in [6.07, 6.45) is 0.923. The molecular weight excluding hydrogens is 345 g/mol. The van der Waals surface area contributed by atoms with Crippen molar-refractivity contribution in [1.82, 2.24) is 14.3 Å². The second kappa shape index (κ2) is 7.05. The van der Waals surface area contributed by atoms with E-state index < -0.39 is 15.8 Å². The highest BCUT2D eigenvalue weighted by atomic mass is 32.2. The molecule has 1 aromatic carbocycles. The summed E-state index contributed by atoms with van der Waals surface area (Å²) in [6, 6.07) is 7.20. The maximum absolute atomic E-state index is 13.8. The molecule has 134 valence electrons. The Morgan fingerprint density at radius 2 is 1.84 bits per heavy atom. The Balaban J connectivity index is 1.66. The Morgan fingerprint density at radius 1 is 1.16 bits per heavy atom. The zero-order valence-corrected chi connectivity index (χ0v) is 15.0. The number of hydrogen-bond donors (Lipinski definition) is 0. The number of nitrogens with zero attached hydrogens (tertiary/aromatic N) is 3. The summed E-state index contributed by atoms with van der Waals surface area (Å²) in [5, 5.41) is 0. The van der Waals surface area contributed by atoms with E-state index in [9.17, 15) is 12.8 Å². The van der Waals surface area contributed by atoms with Gasteiger partial charge < -0.3 is 4.74 Å². The molecular formula is C17H20FN3O3S. The van der Waals surface area contributed by atoms with Crippen molar-refractivity contribution >= 4 is 10.0 Å². The van der Waals surface area contributed by atoms with Crippen LogP contribution in [0.5, 0.6) is 5.88 Å². The lowest BCUT2D eigenvalue weighted by Gasteiger charge is -2.31. The van der Waals surface area contributed by atoms with Crippen LogP contribution < -0.4 is 4.74 Å². The third-order valence-electron chi connectivity index (χ3n) is 4.09. The lowest BCUT2D eigenvalue weighted by atomic mass is 10.1. The average molecular weight is 365 g/mol. The number of piperidine rings is 1. The molecule has 1 aromatic heterocycles. The van der Waals surface area contributed by atoms with E-state index in [0.717, 1.165) is 11.8 Å². The van der Waals surface area contributed by atoms with Crippen LogP contribution in [-0.2, 0) is 10.0 Å². The summed E-state index contributed by atoms with van der Waals surface area (Å²) in [6.45, 7) is 4.23. The van der Waals surface area contributed by atoms with Gasteiger partial charge in [0.1, 0.15) is 22.6 Å². The van der Waals surface area contributed by atoms with Crippen molar-refractivity contribution in [3.05, 3.63) is 47.7 Å². The lowest BCUT2D eigenvalue weighted by Crippen LogP contribution is -2.42. The predicted octanol–water partition coefficient (Wildman–Crippen LogP) is 2.46. The number of benzene rings is 1. The maximum atomic E-state index is 13.8. The van der Waals surface area contributed by atoms with Gasteiger partial charge in [0.15, 0.2) is 0 Å². The molecule has 0 aliphatic carbocycles. The van der Waals surface area contributed by atoms with E-state index >= 15 is 0 Å². The van der Waals surface area contributed by atoms with Crippen LogP contribution in [0.25, 0.3) is 0 Å². The molecule has 8 heteroatoms. The smallest absolute Gasteiger partial charge is 0.245 e. The molecule has 2 heterocycles. The molecule has 1 saturated heterocycles. The number of rotatable bonds is 4. The van der Waals surface area contributed by atoms with Crippen molar-refractivity contribution in [1.29, 1.82) is 0 Å². The number of halogens is 1. The van der Waals surface area contributed by atoms with E-state index in [2.05, 4.69) is 9.97 Å². The Labute approximate surface area is 146 Å². The fraction of sp³-hybridized carbons (Fsp3) is 0.412. The molecule has 3 rings (SSSR count). The van der Waals surface area contributed by atoms with Crippen molar-refractivity contribution in [2.75, 3.05) is 13.1 Å². The Hall–Kier alpha value is -2.06. The molecule has 0 saturated carbocycles. The van der Waals surface area contributed by atoms with E-state index in [-0.39, 0.29) is 24.1 Å². The van der Waals surface area contributed by atoms with Crippen LogP contribution in [-0.4, -0.2) is 41.9 Å². The third kappa shape index (κ3) is 3.96. The molecule has 0 atom stereocenters. The standard InChI is InChI=1S/C17H20FN3O3S/c1-12-11-17(20-13(2)19-12)24-14-7-9-21(10-8-14)25(22,23)16-6-4-3-5-15(16)18/h3-6,11,14H,7-10H2,1-2H3. The Morgan fingerprint density at radius 3 is 2.48 bits per heavy atom. The first kappa shape index (κ1) is 17.8. The first-order valence-corrected chi connectivity index (χ1v) is 9.54. The highest BCUT2D eigenvalue weighted by molar-refractivity contribution is 7.89. The highest BCUT2D eigenvalue weighted by Gasteiger charge is 2.31. The van der Waals surface area contributed by atoms with Gasteiger partial charge >= 0.3 is 0 Å². The van der Waals surface area contributed by atoms with E-state index in [1.807, 2.05) is 6.92 Å². The minimum atomic E-state index is -3.83. The fourth-order valence-corrected chi connectivity index (χ4v) is 4.43. The quantitative estimate of drug-likeness (QED) is 0.832. The number of aromatic nitrogens is 2. The monoisotopic (exact) mass is 365 g/mol. The van der Waals surface area contributed by atoms with Crippen LogP contribution in [0.3, 0.4) is 0 Å². The first-order valence-electron chi connectivity index (χ1n) is 8.10. The Kier molecular flexibility index (Phi) is 5.01. The summed E-state index contributed by atoms with van der Waals surface area (Å²) in [7, 11) is -3.83. The highest BCUT2D eigenvalue weighted by Crippen LogP contribution is 2.24. The van der Waals surface area contributed by atoms with Gasteiger partial charge in [0.25, 0.3) is 0 Å². The van der Waals surface area contributed by atoms with Crippen LogP contribution in [0.1, 0.15) is 24.4 Å². The molecule has 1 fully saturated rings. The van der Waals surface area contributed by atoms with Crippen LogP contribution in [0.2, 0.25) is 0 Å². The van der Waals surface area contributed by atoms with Gasteiger partial charge in [-0.2, -0.15) is 9.29 Å². The van der Waals surface area contributed by atoms with Crippen LogP contribution in [0, 0.1) is 19.7 Å². The molecule has 0 N–H and O–H groups in total. The molecule has 2 aromatic rings. The van der Waals surface area contributed by atoms with Gasteiger partial charge in [-0.05, 0) is 38.8 Å². The number of hydrogen-bond acceptors (Lipinski definition) is 5. The Bertz CT molecular complexity index is 845. The zero-order valence-electron chi connectivity index (χ0n) is 14.1. The van der Waals surface area contributed by atoms with Gasteiger partial charge in [-0.25, -0.2) is 17.8 Å². The molecule has 25 heavy (non-hydrogen) atoms. The summed E-state index contributed by atoms with van der Waals surface area (Å²) >= 11 is 0. The van der Waals surface area contributed by atoms with Crippen molar-refractivity contribution in [2.45, 2.75) is 37.7 Å². The minimum Gasteiger partial charge on any atom is -0.474 e. The van der Waals surface area contributed by atoms with Gasteiger partial charge in [0.2, 0.25) is 15.9 Å². The summed E-state index contributed by atoms with van der Waals surface area (Å²) in [5.41, 5.74) is 0.821. The van der Waals surface area contributed by atoms with Crippen molar-refractivity contribution < 1.29 is 17.5 Å². The predicted molar refractivity (Wildman–Crippen MR) is 90.3 cm³/mol. The van der Waals surface area contributed by atoms with E-state index in [4.69, 9.17) is 4.74 Å². The van der Waals surface area contributed by atoms with E-state index in [0.29, 0.717) is 24.5 Å². The van der Waals surface area contributed by atoms with Gasteiger partial charge in [-0.1, -0.05) is 12.1 Å². The van der Waals surface area contributed by atoms with Gasteiger partial charge in [-0.3, -0.25) is 0 Å². The van der Waals surface area contributed by atoms with Crippen molar-refractivity contribution in [2.24, 2.45) is 0 Å². The van der Waals surface area contributed by atoms with Crippen LogP contribution in [0.4, 0.5) is 4.39 Å². The molecule has 0 spiro atoms. The number of ether oxygens (including phenoxy) is 1. The SMILES string of the molecule is Cc1cc(OC2CCN(S(=O)(=O)c3ccccc3F)CC2)nc(C)n1. The molecule has 0 unspecified atom stereocenters. The molecule has 1 aliphatic rings. The molecule has 0 bridgehead atoms. The van der Waals surface area contributed by atoms with E-state index in [1.165, 1.54) is 22.5 Å². The number of sulfonamides is 1. The molecule has 6 nitrogen and oxygen atoms in total. The van der Waals surface area contributed by atoms with Crippen LogP contribution >= 0.6 is 0 Å². The van der Waals surface area contributed by atoms with E-state index in [1.54, 1.807) is 13.0 Å². The summed E-state index contributed by atoms with van der Waals surface area (Å²) in [5.74, 6) is 0.405. The average Bonchev–Trinajstić information content (AvgIpc) is 2.54. The molecule has 0 radical (unpaired) electrons. The minimum absolute atomic E-state index is 0.124. The summed E-state index contributed by atoms with van der Waals surface area (Å²) in [4.78, 5) is 8.16. The van der Waals surface area contributed by atoms with Gasteiger partial charge in [-0.15, -0.1) is 0 Å². The second-order valence-corrected chi connectivity index (χ2v) is 7.95. The van der Waals surface area contributed by atoms with Crippen molar-refractivity contribution in [3.63, 3.8) is 0 Å². The maximum Gasteiger partial charge on any atom is 0.245 e. The van der Waals surface area contributed by atoms with Crippen LogP contribution in [0.15, 0.2) is 35.2 Å². The zero-order chi connectivity index (χ0) is 18.0. The first-order chi connectivity index (χ1) is 11.9.